The van der Waals surface area contributed by atoms with E-state index in [0.717, 1.165) is 23.9 Å². The summed E-state index contributed by atoms with van der Waals surface area (Å²) in [4.78, 5) is 11.9. The number of amides is 1. The van der Waals surface area contributed by atoms with E-state index in [1.54, 1.807) is 18.2 Å². The van der Waals surface area contributed by atoms with Gasteiger partial charge in [-0.15, -0.1) is 0 Å². The molecule has 4 nitrogen and oxygen atoms in total. The van der Waals surface area contributed by atoms with Crippen molar-refractivity contribution < 1.29 is 9.90 Å². The molecule has 1 heterocycles. The Kier molecular flexibility index (Phi) is 5.22. The SMILES string of the molecule is O=C(CCC1CCCCN1)Nc1cc(Br)ccc1O. The van der Waals surface area contributed by atoms with E-state index in [-0.39, 0.29) is 11.7 Å². The molecule has 0 bridgehead atoms. The van der Waals surface area contributed by atoms with Crippen molar-refractivity contribution in [1.29, 1.82) is 0 Å². The number of hydrogen-bond acceptors (Lipinski definition) is 3. The van der Waals surface area contributed by atoms with Crippen molar-refractivity contribution in [3.8, 4) is 5.75 Å². The summed E-state index contributed by atoms with van der Waals surface area (Å²) in [7, 11) is 0. The van der Waals surface area contributed by atoms with E-state index in [1.165, 1.54) is 12.8 Å². The van der Waals surface area contributed by atoms with Crippen molar-refractivity contribution in [1.82, 2.24) is 5.32 Å². The summed E-state index contributed by atoms with van der Waals surface area (Å²) < 4.78 is 0.828. The summed E-state index contributed by atoms with van der Waals surface area (Å²) in [5, 5.41) is 15.8. The molecule has 0 saturated carbocycles. The largest absolute Gasteiger partial charge is 0.506 e. The summed E-state index contributed by atoms with van der Waals surface area (Å²) in [5.41, 5.74) is 0.455. The Bertz CT molecular complexity index is 445. The van der Waals surface area contributed by atoms with Crippen LogP contribution in [0.2, 0.25) is 0 Å². The lowest BCUT2D eigenvalue weighted by Gasteiger charge is -2.23. The third-order valence-corrected chi connectivity index (χ3v) is 3.86. The van der Waals surface area contributed by atoms with E-state index < -0.39 is 0 Å². The number of nitrogens with one attached hydrogen (secondary N) is 2. The first-order valence-electron chi connectivity index (χ1n) is 6.67. The van der Waals surface area contributed by atoms with Crippen molar-refractivity contribution >= 4 is 27.5 Å². The zero-order valence-corrected chi connectivity index (χ0v) is 12.4. The number of piperidine rings is 1. The minimum atomic E-state index is -0.0548. The van der Waals surface area contributed by atoms with Crippen molar-refractivity contribution in [3.05, 3.63) is 22.7 Å². The topological polar surface area (TPSA) is 61.4 Å². The fourth-order valence-electron chi connectivity index (χ4n) is 2.30. The van der Waals surface area contributed by atoms with E-state index in [2.05, 4.69) is 26.6 Å². The number of rotatable bonds is 4. The number of benzene rings is 1. The molecule has 1 atom stereocenters. The summed E-state index contributed by atoms with van der Waals surface area (Å²) in [6.07, 6.45) is 4.94. The summed E-state index contributed by atoms with van der Waals surface area (Å²) in [5.74, 6) is 0.0353. The van der Waals surface area contributed by atoms with Gasteiger partial charge in [-0.1, -0.05) is 22.4 Å². The van der Waals surface area contributed by atoms with E-state index >= 15 is 0 Å². The number of hydrogen-bond donors (Lipinski definition) is 3. The second-order valence-electron chi connectivity index (χ2n) is 4.90. The van der Waals surface area contributed by atoms with Gasteiger partial charge in [0.1, 0.15) is 5.75 Å². The molecule has 1 amide bonds. The first-order chi connectivity index (χ1) is 9.15. The van der Waals surface area contributed by atoms with Gasteiger partial charge in [0.05, 0.1) is 5.69 Å². The van der Waals surface area contributed by atoms with Crippen LogP contribution in [0.25, 0.3) is 0 Å². The quantitative estimate of drug-likeness (QED) is 0.745. The Hall–Kier alpha value is -1.07. The predicted molar refractivity (Wildman–Crippen MR) is 79.3 cm³/mol. The van der Waals surface area contributed by atoms with Crippen LogP contribution >= 0.6 is 15.9 Å². The molecule has 0 aromatic heterocycles. The molecule has 104 valence electrons. The van der Waals surface area contributed by atoms with Crippen LogP contribution in [0.3, 0.4) is 0 Å². The highest BCUT2D eigenvalue weighted by atomic mass is 79.9. The number of aromatic hydroxyl groups is 1. The number of carbonyl (C=O) groups is 1. The van der Waals surface area contributed by atoms with Crippen LogP contribution in [0.5, 0.6) is 5.75 Å². The summed E-state index contributed by atoms with van der Waals surface area (Å²) in [6.45, 7) is 1.05. The highest BCUT2D eigenvalue weighted by Gasteiger charge is 2.14. The smallest absolute Gasteiger partial charge is 0.224 e. The average molecular weight is 327 g/mol. The van der Waals surface area contributed by atoms with Gasteiger partial charge < -0.3 is 15.7 Å². The summed E-state index contributed by atoms with van der Waals surface area (Å²) >= 11 is 3.32. The van der Waals surface area contributed by atoms with Gasteiger partial charge in [0.2, 0.25) is 5.91 Å². The van der Waals surface area contributed by atoms with E-state index in [0.29, 0.717) is 18.2 Å². The molecule has 3 N–H and O–H groups in total. The summed E-state index contributed by atoms with van der Waals surface area (Å²) in [6, 6.07) is 5.45. The van der Waals surface area contributed by atoms with Gasteiger partial charge in [0.15, 0.2) is 0 Å². The molecule has 19 heavy (non-hydrogen) atoms. The number of phenolic OH excluding ortho intramolecular Hbond substituents is 1. The molecule has 1 saturated heterocycles. The van der Waals surface area contributed by atoms with E-state index in [4.69, 9.17) is 0 Å². The minimum absolute atomic E-state index is 0.0548. The Labute approximate surface area is 121 Å². The van der Waals surface area contributed by atoms with Gasteiger partial charge in [-0.2, -0.15) is 0 Å². The number of halogens is 1. The lowest BCUT2D eigenvalue weighted by atomic mass is 10.0. The first kappa shape index (κ1) is 14.3. The molecule has 1 aromatic rings. The van der Waals surface area contributed by atoms with Gasteiger partial charge in [-0.3, -0.25) is 4.79 Å². The number of phenols is 1. The van der Waals surface area contributed by atoms with Crippen LogP contribution in [0.15, 0.2) is 22.7 Å². The third-order valence-electron chi connectivity index (χ3n) is 3.36. The average Bonchev–Trinajstić information content (AvgIpc) is 2.42. The fraction of sp³-hybridized carbons (Fsp3) is 0.500. The molecular weight excluding hydrogens is 308 g/mol. The predicted octanol–water partition coefficient (Wildman–Crippen LogP) is 3.02. The molecule has 2 rings (SSSR count). The highest BCUT2D eigenvalue weighted by molar-refractivity contribution is 9.10. The van der Waals surface area contributed by atoms with Crippen LogP contribution < -0.4 is 10.6 Å². The van der Waals surface area contributed by atoms with Crippen LogP contribution in [-0.2, 0) is 4.79 Å². The van der Waals surface area contributed by atoms with Gasteiger partial charge in [0, 0.05) is 16.9 Å². The maximum Gasteiger partial charge on any atom is 0.224 e. The Balaban J connectivity index is 1.81. The molecule has 1 unspecified atom stereocenters. The maximum absolute atomic E-state index is 11.9. The third kappa shape index (κ3) is 4.51. The first-order valence-corrected chi connectivity index (χ1v) is 7.46. The fourth-order valence-corrected chi connectivity index (χ4v) is 2.66. The zero-order valence-electron chi connectivity index (χ0n) is 10.8. The van der Waals surface area contributed by atoms with Crippen molar-refractivity contribution in [2.45, 2.75) is 38.1 Å². The van der Waals surface area contributed by atoms with Crippen LogP contribution in [-0.4, -0.2) is 23.6 Å². The van der Waals surface area contributed by atoms with Crippen molar-refractivity contribution in [3.63, 3.8) is 0 Å². The second-order valence-corrected chi connectivity index (χ2v) is 5.81. The minimum Gasteiger partial charge on any atom is -0.506 e. The van der Waals surface area contributed by atoms with Crippen LogP contribution in [0.1, 0.15) is 32.1 Å². The monoisotopic (exact) mass is 326 g/mol. The number of anilines is 1. The second kappa shape index (κ2) is 6.91. The highest BCUT2D eigenvalue weighted by Crippen LogP contribution is 2.27. The Morgan fingerprint density at radius 1 is 1.47 bits per heavy atom. The molecule has 0 aliphatic carbocycles. The van der Waals surface area contributed by atoms with E-state index in [1.807, 2.05) is 0 Å². The zero-order chi connectivity index (χ0) is 13.7. The molecule has 1 aromatic carbocycles. The molecule has 1 fully saturated rings. The molecular formula is C14H19BrN2O2. The maximum atomic E-state index is 11.9. The van der Waals surface area contributed by atoms with Crippen LogP contribution in [0, 0.1) is 0 Å². The Morgan fingerprint density at radius 2 is 2.32 bits per heavy atom. The van der Waals surface area contributed by atoms with Crippen molar-refractivity contribution in [2.24, 2.45) is 0 Å². The van der Waals surface area contributed by atoms with Crippen LogP contribution in [0.4, 0.5) is 5.69 Å². The molecule has 5 heteroatoms. The normalized spacial score (nSPS) is 19.1. The molecule has 0 radical (unpaired) electrons. The van der Waals surface area contributed by atoms with Gasteiger partial charge >= 0.3 is 0 Å². The molecule has 1 aliphatic rings. The molecule has 1 aliphatic heterocycles. The lowest BCUT2D eigenvalue weighted by Crippen LogP contribution is -2.34. The molecule has 0 spiro atoms. The van der Waals surface area contributed by atoms with Gasteiger partial charge in [-0.05, 0) is 44.0 Å². The van der Waals surface area contributed by atoms with Gasteiger partial charge in [0.25, 0.3) is 0 Å². The van der Waals surface area contributed by atoms with Crippen molar-refractivity contribution in [2.75, 3.05) is 11.9 Å². The standard InChI is InChI=1S/C14H19BrN2O2/c15-10-4-6-13(18)12(9-10)17-14(19)7-5-11-3-1-2-8-16-11/h4,6,9,11,16,18H,1-3,5,7-8H2,(H,17,19). The Morgan fingerprint density at radius 3 is 3.05 bits per heavy atom. The van der Waals surface area contributed by atoms with E-state index in [9.17, 15) is 9.90 Å². The lowest BCUT2D eigenvalue weighted by molar-refractivity contribution is -0.116. The van der Waals surface area contributed by atoms with Gasteiger partial charge in [-0.25, -0.2) is 0 Å². The number of carbonyl (C=O) groups excluding carboxylic acids is 1.